The molecule has 0 aliphatic heterocycles. The van der Waals surface area contributed by atoms with Crippen LogP contribution in [0.5, 0.6) is 0 Å². The lowest BCUT2D eigenvalue weighted by Crippen LogP contribution is -2.45. The molecule has 0 radical (unpaired) electrons. The van der Waals surface area contributed by atoms with E-state index in [1.54, 1.807) is 6.08 Å². The van der Waals surface area contributed by atoms with Gasteiger partial charge in [-0.25, -0.2) is 0 Å². The van der Waals surface area contributed by atoms with Gasteiger partial charge in [-0.15, -0.1) is 0 Å². The van der Waals surface area contributed by atoms with Crippen molar-refractivity contribution >= 4 is 11.9 Å². The standard InChI is InChI=1S/C56H109NO5/c1-3-5-7-9-11-13-15-26-30-34-38-42-46-50-56(61)62-51-47-43-39-35-31-28-25-23-21-19-17-16-18-20-22-24-27-29-33-37-41-45-49-55(60)57-53(52-58)54(59)48-44-40-36-32-14-12-10-8-6-4-2/h44,48,53-54,58-59H,3-43,45-47,49-52H2,1-2H3,(H,57,60)/b48-44+. The van der Waals surface area contributed by atoms with E-state index in [0.29, 0.717) is 19.4 Å². The van der Waals surface area contributed by atoms with E-state index in [0.717, 1.165) is 38.5 Å². The number of unbranched alkanes of at least 4 members (excludes halogenated alkanes) is 41. The fourth-order valence-electron chi connectivity index (χ4n) is 8.75. The van der Waals surface area contributed by atoms with Gasteiger partial charge in [0.2, 0.25) is 5.91 Å². The van der Waals surface area contributed by atoms with Crippen LogP contribution in [0.25, 0.3) is 0 Å². The fraction of sp³-hybridized carbons (Fsp3) is 0.929. The molecule has 368 valence electrons. The van der Waals surface area contributed by atoms with Gasteiger partial charge in [-0.2, -0.15) is 0 Å². The molecule has 0 rings (SSSR count). The summed E-state index contributed by atoms with van der Waals surface area (Å²) in [5.74, 6) is -0.0548. The topological polar surface area (TPSA) is 95.9 Å². The molecule has 0 aromatic carbocycles. The Bertz CT molecular complexity index is 924. The van der Waals surface area contributed by atoms with Crippen molar-refractivity contribution in [3.05, 3.63) is 12.2 Å². The highest BCUT2D eigenvalue weighted by Gasteiger charge is 2.18. The summed E-state index contributed by atoms with van der Waals surface area (Å²) in [5.41, 5.74) is 0. The van der Waals surface area contributed by atoms with Gasteiger partial charge in [-0.05, 0) is 32.1 Å². The van der Waals surface area contributed by atoms with Gasteiger partial charge in [-0.1, -0.05) is 276 Å². The third kappa shape index (κ3) is 48.1. The Morgan fingerprint density at radius 3 is 1.10 bits per heavy atom. The maximum Gasteiger partial charge on any atom is 0.305 e. The van der Waals surface area contributed by atoms with Gasteiger partial charge in [-0.3, -0.25) is 9.59 Å². The van der Waals surface area contributed by atoms with Crippen LogP contribution in [0, 0.1) is 0 Å². The molecule has 0 saturated carbocycles. The van der Waals surface area contributed by atoms with Crippen LogP contribution in [0.3, 0.4) is 0 Å². The molecule has 0 aromatic rings. The van der Waals surface area contributed by atoms with Gasteiger partial charge in [0.05, 0.1) is 25.4 Å². The van der Waals surface area contributed by atoms with Gasteiger partial charge in [0.15, 0.2) is 0 Å². The van der Waals surface area contributed by atoms with Crippen LogP contribution in [-0.2, 0) is 14.3 Å². The Morgan fingerprint density at radius 1 is 0.435 bits per heavy atom. The molecular weight excluding hydrogens is 767 g/mol. The van der Waals surface area contributed by atoms with Crippen molar-refractivity contribution in [1.82, 2.24) is 5.32 Å². The number of aliphatic hydroxyl groups excluding tert-OH is 2. The normalized spacial score (nSPS) is 12.6. The summed E-state index contributed by atoms with van der Waals surface area (Å²) < 4.78 is 5.47. The lowest BCUT2D eigenvalue weighted by molar-refractivity contribution is -0.143. The number of carbonyl (C=O) groups is 2. The molecule has 0 aliphatic rings. The zero-order chi connectivity index (χ0) is 45.1. The average molecular weight is 876 g/mol. The maximum atomic E-state index is 12.4. The van der Waals surface area contributed by atoms with Crippen molar-refractivity contribution in [2.45, 2.75) is 321 Å². The fourth-order valence-corrected chi connectivity index (χ4v) is 8.75. The van der Waals surface area contributed by atoms with Crippen molar-refractivity contribution in [1.29, 1.82) is 0 Å². The van der Waals surface area contributed by atoms with E-state index >= 15 is 0 Å². The van der Waals surface area contributed by atoms with Crippen LogP contribution >= 0.6 is 0 Å². The van der Waals surface area contributed by atoms with Gasteiger partial charge in [0.1, 0.15) is 0 Å². The second kappa shape index (κ2) is 52.2. The summed E-state index contributed by atoms with van der Waals surface area (Å²) in [6.07, 6.45) is 60.9. The number of ether oxygens (including phenoxy) is 1. The second-order valence-electron chi connectivity index (χ2n) is 19.3. The third-order valence-electron chi connectivity index (χ3n) is 13.1. The zero-order valence-corrected chi connectivity index (χ0v) is 41.9. The molecule has 0 bridgehead atoms. The first kappa shape index (κ1) is 60.6. The van der Waals surface area contributed by atoms with Gasteiger partial charge >= 0.3 is 5.97 Å². The van der Waals surface area contributed by atoms with Gasteiger partial charge in [0.25, 0.3) is 0 Å². The number of esters is 1. The Labute approximate surface area is 387 Å². The Morgan fingerprint density at radius 2 is 0.742 bits per heavy atom. The second-order valence-corrected chi connectivity index (χ2v) is 19.3. The molecule has 0 spiro atoms. The molecule has 3 N–H and O–H groups in total. The smallest absolute Gasteiger partial charge is 0.305 e. The van der Waals surface area contributed by atoms with Crippen molar-refractivity contribution in [3.8, 4) is 0 Å². The van der Waals surface area contributed by atoms with Crippen molar-refractivity contribution in [2.24, 2.45) is 0 Å². The first-order valence-electron chi connectivity index (χ1n) is 28.0. The summed E-state index contributed by atoms with van der Waals surface area (Å²) in [6, 6.07) is -0.625. The van der Waals surface area contributed by atoms with Crippen molar-refractivity contribution < 1.29 is 24.5 Å². The van der Waals surface area contributed by atoms with Crippen molar-refractivity contribution in [2.75, 3.05) is 13.2 Å². The molecular formula is C56H109NO5. The minimum atomic E-state index is -0.841. The summed E-state index contributed by atoms with van der Waals surface area (Å²) in [6.45, 7) is 4.89. The highest BCUT2D eigenvalue weighted by Crippen LogP contribution is 2.17. The number of aliphatic hydroxyl groups is 2. The van der Waals surface area contributed by atoms with E-state index in [9.17, 15) is 19.8 Å². The zero-order valence-electron chi connectivity index (χ0n) is 41.9. The maximum absolute atomic E-state index is 12.4. The Kier molecular flexibility index (Phi) is 51.0. The molecule has 6 heteroatoms. The van der Waals surface area contributed by atoms with Crippen LogP contribution in [0.1, 0.15) is 309 Å². The van der Waals surface area contributed by atoms with Crippen LogP contribution in [0.4, 0.5) is 0 Å². The van der Waals surface area contributed by atoms with E-state index < -0.39 is 12.1 Å². The minimum Gasteiger partial charge on any atom is -0.466 e. The molecule has 0 heterocycles. The number of nitrogens with one attached hydrogen (secondary N) is 1. The predicted octanol–water partition coefficient (Wildman–Crippen LogP) is 16.9. The quantitative estimate of drug-likeness (QED) is 0.0321. The number of allylic oxidation sites excluding steroid dienone is 1. The van der Waals surface area contributed by atoms with E-state index in [1.165, 1.54) is 244 Å². The molecule has 0 fully saturated rings. The first-order valence-corrected chi connectivity index (χ1v) is 28.0. The van der Waals surface area contributed by atoms with Crippen LogP contribution < -0.4 is 5.32 Å². The third-order valence-corrected chi connectivity index (χ3v) is 13.1. The van der Waals surface area contributed by atoms with E-state index in [2.05, 4.69) is 19.2 Å². The highest BCUT2D eigenvalue weighted by molar-refractivity contribution is 5.76. The first-order chi connectivity index (χ1) is 30.5. The summed E-state index contributed by atoms with van der Waals surface area (Å²) >= 11 is 0. The van der Waals surface area contributed by atoms with Crippen molar-refractivity contribution in [3.63, 3.8) is 0 Å². The van der Waals surface area contributed by atoms with E-state index in [1.807, 2.05) is 6.08 Å². The largest absolute Gasteiger partial charge is 0.466 e. The number of amides is 1. The number of hydrogen-bond donors (Lipinski definition) is 3. The monoisotopic (exact) mass is 876 g/mol. The predicted molar refractivity (Wildman–Crippen MR) is 269 cm³/mol. The summed E-state index contributed by atoms with van der Waals surface area (Å²) in [7, 11) is 0. The highest BCUT2D eigenvalue weighted by atomic mass is 16.5. The van der Waals surface area contributed by atoms with Crippen LogP contribution in [-0.4, -0.2) is 47.4 Å². The van der Waals surface area contributed by atoms with Crippen LogP contribution in [0.2, 0.25) is 0 Å². The lowest BCUT2D eigenvalue weighted by atomic mass is 10.0. The molecule has 62 heavy (non-hydrogen) atoms. The van der Waals surface area contributed by atoms with E-state index in [-0.39, 0.29) is 18.5 Å². The van der Waals surface area contributed by atoms with Gasteiger partial charge < -0.3 is 20.3 Å². The Hall–Kier alpha value is -1.40. The summed E-state index contributed by atoms with van der Waals surface area (Å²) in [5, 5.41) is 23.0. The molecule has 2 atom stereocenters. The van der Waals surface area contributed by atoms with Crippen LogP contribution in [0.15, 0.2) is 12.2 Å². The molecule has 1 amide bonds. The molecule has 0 aliphatic carbocycles. The molecule has 6 nitrogen and oxygen atoms in total. The minimum absolute atomic E-state index is 0.0143. The molecule has 0 aromatic heterocycles. The SMILES string of the molecule is CCCCCCCCCC/C=C/C(O)C(CO)NC(=O)CCCCCCCCCCCCCCCCCCCCCCCCOC(=O)CCCCCCCCCCCCCCC. The number of hydrogen-bond acceptors (Lipinski definition) is 5. The molecule has 0 saturated heterocycles. The molecule has 2 unspecified atom stereocenters. The van der Waals surface area contributed by atoms with E-state index in [4.69, 9.17) is 4.74 Å². The lowest BCUT2D eigenvalue weighted by Gasteiger charge is -2.20. The van der Waals surface area contributed by atoms with Gasteiger partial charge in [0, 0.05) is 12.8 Å². The Balaban J connectivity index is 3.36. The number of rotatable bonds is 52. The average Bonchev–Trinajstić information content (AvgIpc) is 3.27. The summed E-state index contributed by atoms with van der Waals surface area (Å²) in [4.78, 5) is 24.4. The number of carbonyl (C=O) groups excluding carboxylic acids is 2.